The summed E-state index contributed by atoms with van der Waals surface area (Å²) in [6, 6.07) is 9.81. The number of imidazole rings is 1. The van der Waals surface area contributed by atoms with Crippen LogP contribution in [0.4, 0.5) is 13.2 Å². The van der Waals surface area contributed by atoms with Crippen molar-refractivity contribution >= 4 is 27.7 Å². The number of aromatic nitrogens is 4. The highest BCUT2D eigenvalue weighted by Gasteiger charge is 2.23. The van der Waals surface area contributed by atoms with Crippen molar-refractivity contribution in [1.29, 1.82) is 0 Å². The molecular formula is C22H13F3N4O2. The third-order valence-corrected chi connectivity index (χ3v) is 5.05. The van der Waals surface area contributed by atoms with E-state index >= 15 is 0 Å². The number of rotatable bonds is 4. The van der Waals surface area contributed by atoms with Crippen LogP contribution in [-0.4, -0.2) is 25.3 Å². The van der Waals surface area contributed by atoms with Gasteiger partial charge in [0.15, 0.2) is 0 Å². The molecule has 0 saturated heterocycles. The zero-order valence-corrected chi connectivity index (χ0v) is 15.7. The molecule has 0 unspecified atom stereocenters. The number of aromatic amines is 2. The molecule has 2 N–H and O–H groups in total. The molecule has 0 aliphatic rings. The molecule has 3 aromatic heterocycles. The molecular weight excluding hydrogens is 409 g/mol. The summed E-state index contributed by atoms with van der Waals surface area (Å²) in [4.78, 5) is 35.9. The summed E-state index contributed by atoms with van der Waals surface area (Å²) < 4.78 is 42.6. The number of ketones is 1. The van der Waals surface area contributed by atoms with Gasteiger partial charge in [0.25, 0.3) is 5.56 Å². The summed E-state index contributed by atoms with van der Waals surface area (Å²) in [5.74, 6) is -4.17. The van der Waals surface area contributed by atoms with E-state index in [9.17, 15) is 22.8 Å². The first-order valence-electron chi connectivity index (χ1n) is 9.26. The Hall–Kier alpha value is -4.14. The van der Waals surface area contributed by atoms with Gasteiger partial charge in [0.05, 0.1) is 23.1 Å². The van der Waals surface area contributed by atoms with Crippen LogP contribution in [0.25, 0.3) is 21.9 Å². The summed E-state index contributed by atoms with van der Waals surface area (Å²) in [6.07, 6.45) is 2.68. The van der Waals surface area contributed by atoms with E-state index in [4.69, 9.17) is 0 Å². The Morgan fingerprint density at radius 3 is 2.55 bits per heavy atom. The minimum atomic E-state index is -1.31. The van der Waals surface area contributed by atoms with Gasteiger partial charge in [-0.05, 0) is 18.2 Å². The lowest BCUT2D eigenvalue weighted by molar-refractivity contribution is 0.103. The highest BCUT2D eigenvalue weighted by Crippen LogP contribution is 2.23. The van der Waals surface area contributed by atoms with Gasteiger partial charge >= 0.3 is 0 Å². The normalized spacial score (nSPS) is 11.5. The molecule has 0 amide bonds. The second kappa shape index (κ2) is 6.98. The number of benzene rings is 2. The lowest BCUT2D eigenvalue weighted by Gasteiger charge is -2.05. The first kappa shape index (κ1) is 18.9. The molecule has 3 heterocycles. The van der Waals surface area contributed by atoms with Crippen molar-refractivity contribution in [3.05, 3.63) is 99.6 Å². The number of halogens is 3. The topological polar surface area (TPSA) is 83.5 Å². The average molecular weight is 422 g/mol. The zero-order valence-electron chi connectivity index (χ0n) is 15.7. The van der Waals surface area contributed by atoms with E-state index in [-0.39, 0.29) is 23.0 Å². The number of H-pyrrole nitrogens is 2. The van der Waals surface area contributed by atoms with E-state index in [0.29, 0.717) is 18.0 Å². The van der Waals surface area contributed by atoms with E-state index in [1.54, 1.807) is 0 Å². The second-order valence-electron chi connectivity index (χ2n) is 7.01. The zero-order chi connectivity index (χ0) is 21.7. The minimum Gasteiger partial charge on any atom is -0.356 e. The number of hydrogen-bond acceptors (Lipinski definition) is 3. The molecule has 6 nitrogen and oxygen atoms in total. The first-order valence-corrected chi connectivity index (χ1v) is 9.26. The van der Waals surface area contributed by atoms with Crippen molar-refractivity contribution in [2.45, 2.75) is 6.54 Å². The fourth-order valence-corrected chi connectivity index (χ4v) is 3.61. The lowest BCUT2D eigenvalue weighted by Crippen LogP contribution is -2.20. The Kier molecular flexibility index (Phi) is 4.25. The quantitative estimate of drug-likeness (QED) is 0.431. The number of carbonyl (C=O) groups excluding carboxylic acids is 1. The monoisotopic (exact) mass is 422 g/mol. The summed E-state index contributed by atoms with van der Waals surface area (Å²) in [5, 5.41) is 0.207. The molecule has 31 heavy (non-hydrogen) atoms. The van der Waals surface area contributed by atoms with Crippen molar-refractivity contribution < 1.29 is 18.0 Å². The summed E-state index contributed by atoms with van der Waals surface area (Å²) in [5.41, 5.74) is 0.300. The molecule has 154 valence electrons. The molecule has 9 heteroatoms. The molecule has 0 spiro atoms. The number of nitrogens with one attached hydrogen (secondary N) is 2. The second-order valence-corrected chi connectivity index (χ2v) is 7.01. The fourth-order valence-electron chi connectivity index (χ4n) is 3.61. The largest absolute Gasteiger partial charge is 0.356 e. The van der Waals surface area contributed by atoms with Gasteiger partial charge in [-0.1, -0.05) is 12.1 Å². The van der Waals surface area contributed by atoms with E-state index in [2.05, 4.69) is 15.0 Å². The van der Waals surface area contributed by atoms with E-state index in [1.807, 2.05) is 24.3 Å². The average Bonchev–Trinajstić information content (AvgIpc) is 3.33. The van der Waals surface area contributed by atoms with Gasteiger partial charge < -0.3 is 14.5 Å². The van der Waals surface area contributed by atoms with Gasteiger partial charge in [0.2, 0.25) is 5.78 Å². The van der Waals surface area contributed by atoms with Gasteiger partial charge in [-0.3, -0.25) is 9.59 Å². The maximum Gasteiger partial charge on any atom is 0.275 e. The van der Waals surface area contributed by atoms with Crippen LogP contribution in [0.15, 0.2) is 59.7 Å². The third kappa shape index (κ3) is 3.10. The summed E-state index contributed by atoms with van der Waals surface area (Å²) in [6.45, 7) is 0.160. The maximum absolute atomic E-state index is 14.0. The molecule has 5 aromatic rings. The first-order chi connectivity index (χ1) is 14.9. The van der Waals surface area contributed by atoms with Crippen molar-refractivity contribution in [2.24, 2.45) is 0 Å². The van der Waals surface area contributed by atoms with Gasteiger partial charge in [-0.2, -0.15) is 0 Å². The van der Waals surface area contributed by atoms with E-state index < -0.39 is 34.4 Å². The molecule has 0 aliphatic heterocycles. The summed E-state index contributed by atoms with van der Waals surface area (Å²) >= 11 is 0. The molecule has 2 aromatic carbocycles. The summed E-state index contributed by atoms with van der Waals surface area (Å²) in [7, 11) is 0. The maximum atomic E-state index is 14.0. The van der Waals surface area contributed by atoms with Crippen LogP contribution < -0.4 is 5.56 Å². The lowest BCUT2D eigenvalue weighted by atomic mass is 10.0. The standard InChI is InChI=1S/C22H13F3N4O2/c23-11-7-14(24)19(15(25)8-11)21(30)13-9-26-20-12(13)5-6-29(22(20)31)10-18-27-16-3-1-2-4-17(16)28-18/h1-9,26H,10H2,(H,27,28). The fraction of sp³-hybridized carbons (Fsp3) is 0.0455. The highest BCUT2D eigenvalue weighted by atomic mass is 19.1. The number of para-hydroxylation sites is 2. The number of fused-ring (bicyclic) bond motifs is 2. The Balaban J connectivity index is 1.54. The van der Waals surface area contributed by atoms with Crippen LogP contribution in [0.1, 0.15) is 21.7 Å². The van der Waals surface area contributed by atoms with Gasteiger partial charge in [-0.25, -0.2) is 18.2 Å². The highest BCUT2D eigenvalue weighted by molar-refractivity contribution is 6.16. The van der Waals surface area contributed by atoms with Crippen LogP contribution in [0.2, 0.25) is 0 Å². The van der Waals surface area contributed by atoms with Crippen molar-refractivity contribution in [1.82, 2.24) is 19.5 Å². The van der Waals surface area contributed by atoms with Crippen LogP contribution in [0, 0.1) is 17.5 Å². The van der Waals surface area contributed by atoms with Crippen molar-refractivity contribution in [3.8, 4) is 0 Å². The van der Waals surface area contributed by atoms with Crippen LogP contribution in [-0.2, 0) is 6.54 Å². The number of nitrogens with zero attached hydrogens (tertiary/aromatic N) is 2. The molecule has 0 bridgehead atoms. The molecule has 0 aliphatic carbocycles. The smallest absolute Gasteiger partial charge is 0.275 e. The van der Waals surface area contributed by atoms with Crippen LogP contribution >= 0.6 is 0 Å². The third-order valence-electron chi connectivity index (χ3n) is 5.05. The predicted octanol–water partition coefficient (Wildman–Crippen LogP) is 3.90. The number of carbonyl (C=O) groups is 1. The Bertz CT molecular complexity index is 1490. The Morgan fingerprint density at radius 2 is 1.81 bits per heavy atom. The Morgan fingerprint density at radius 1 is 1.06 bits per heavy atom. The van der Waals surface area contributed by atoms with Gasteiger partial charge in [0.1, 0.15) is 28.8 Å². The molecule has 0 atom stereocenters. The van der Waals surface area contributed by atoms with E-state index in [0.717, 1.165) is 11.0 Å². The van der Waals surface area contributed by atoms with E-state index in [1.165, 1.54) is 23.0 Å². The molecule has 0 fully saturated rings. The molecule has 0 radical (unpaired) electrons. The van der Waals surface area contributed by atoms with Gasteiger partial charge in [0, 0.05) is 35.5 Å². The van der Waals surface area contributed by atoms with Crippen LogP contribution in [0.5, 0.6) is 0 Å². The number of pyridine rings is 1. The van der Waals surface area contributed by atoms with Gasteiger partial charge in [-0.15, -0.1) is 0 Å². The van der Waals surface area contributed by atoms with Crippen molar-refractivity contribution in [3.63, 3.8) is 0 Å². The number of hydrogen-bond donors (Lipinski definition) is 2. The minimum absolute atomic E-state index is 0.0904. The predicted molar refractivity (Wildman–Crippen MR) is 108 cm³/mol. The Labute approximate surface area is 172 Å². The molecule has 5 rings (SSSR count). The van der Waals surface area contributed by atoms with Crippen molar-refractivity contribution in [2.75, 3.05) is 0 Å². The SMILES string of the molecule is O=C(c1c(F)cc(F)cc1F)c1c[nH]c2c(=O)n(Cc3nc4ccccc4[nH]3)ccc12. The van der Waals surface area contributed by atoms with Crippen LogP contribution in [0.3, 0.4) is 0 Å². The molecule has 0 saturated carbocycles.